The molecule has 4 aliphatic rings. The Kier molecular flexibility index (Phi) is 7.26. The van der Waals surface area contributed by atoms with Crippen LogP contribution in [-0.2, 0) is 20.9 Å². The number of aryl methyl sites for hydroxylation is 1. The third kappa shape index (κ3) is 5.53. The molecule has 1 saturated carbocycles. The Hall–Kier alpha value is -3.68. The number of para-hydroxylation sites is 1. The van der Waals surface area contributed by atoms with E-state index in [0.717, 1.165) is 29.8 Å². The molecule has 3 heterocycles. The molecule has 2 saturated heterocycles. The lowest BCUT2D eigenvalue weighted by molar-refractivity contribution is -0.132. The second-order valence-corrected chi connectivity index (χ2v) is 10.4. The Labute approximate surface area is 217 Å². The van der Waals surface area contributed by atoms with Crippen LogP contribution in [0.3, 0.4) is 0 Å². The van der Waals surface area contributed by atoms with Crippen molar-refractivity contribution in [1.82, 2.24) is 10.2 Å². The van der Waals surface area contributed by atoms with E-state index in [4.69, 9.17) is 4.74 Å². The van der Waals surface area contributed by atoms with Crippen LogP contribution in [-0.4, -0.2) is 54.3 Å². The van der Waals surface area contributed by atoms with Crippen molar-refractivity contribution < 1.29 is 19.1 Å². The summed E-state index contributed by atoms with van der Waals surface area (Å²) in [6, 6.07) is 15.1. The number of carbonyl (C=O) groups excluding carboxylic acids is 3. The van der Waals surface area contributed by atoms with Crippen LogP contribution in [0.2, 0.25) is 0 Å². The number of nitrogens with zero attached hydrogens (tertiary/aromatic N) is 3. The largest absolute Gasteiger partial charge is 0.445 e. The molecule has 8 heteroatoms. The second-order valence-electron chi connectivity index (χ2n) is 10.4. The molecule has 1 atom stereocenters. The van der Waals surface area contributed by atoms with Gasteiger partial charge in [-0.05, 0) is 62.5 Å². The Morgan fingerprint density at radius 3 is 2.32 bits per heavy atom. The number of amides is 3. The van der Waals surface area contributed by atoms with Crippen molar-refractivity contribution in [3.8, 4) is 0 Å². The molecular weight excluding hydrogens is 468 g/mol. The predicted octanol–water partition coefficient (Wildman–Crippen LogP) is 4.05. The minimum Gasteiger partial charge on any atom is -0.445 e. The highest BCUT2D eigenvalue weighted by molar-refractivity contribution is 6.14. The van der Waals surface area contributed by atoms with Crippen LogP contribution < -0.4 is 10.2 Å². The zero-order valence-electron chi connectivity index (χ0n) is 21.5. The fraction of sp³-hybridized carbons (Fsp3) is 0.448. The summed E-state index contributed by atoms with van der Waals surface area (Å²) in [5.41, 5.74) is 3.77. The maximum Gasteiger partial charge on any atom is 0.409 e. The first-order valence-corrected chi connectivity index (χ1v) is 13.1. The van der Waals surface area contributed by atoms with E-state index < -0.39 is 18.2 Å². The number of rotatable bonds is 5. The number of anilines is 1. The van der Waals surface area contributed by atoms with Crippen molar-refractivity contribution in [2.45, 2.75) is 52.3 Å². The fourth-order valence-corrected chi connectivity index (χ4v) is 5.75. The van der Waals surface area contributed by atoms with E-state index in [2.05, 4.69) is 10.3 Å². The van der Waals surface area contributed by atoms with Gasteiger partial charge in [0.05, 0.1) is 5.69 Å². The molecule has 3 fully saturated rings. The third-order valence-corrected chi connectivity index (χ3v) is 7.76. The monoisotopic (exact) mass is 502 g/mol. The number of alkyl carbamates (subject to hydrolysis) is 1. The molecule has 3 aliphatic heterocycles. The number of fused-ring (bicyclic) bond motifs is 5. The minimum absolute atomic E-state index is 0.0636. The van der Waals surface area contributed by atoms with E-state index in [1.165, 1.54) is 30.6 Å². The van der Waals surface area contributed by atoms with E-state index in [0.29, 0.717) is 23.2 Å². The summed E-state index contributed by atoms with van der Waals surface area (Å²) in [6.07, 6.45) is 2.75. The van der Waals surface area contributed by atoms with Gasteiger partial charge in [0, 0.05) is 24.4 Å². The number of hydrogen-bond acceptors (Lipinski definition) is 5. The number of hydrogen-bond donors (Lipinski definition) is 1. The van der Waals surface area contributed by atoms with Crippen LogP contribution in [0.1, 0.15) is 49.3 Å². The molecule has 37 heavy (non-hydrogen) atoms. The van der Waals surface area contributed by atoms with Crippen molar-refractivity contribution in [2.75, 3.05) is 24.5 Å². The normalized spacial score (nSPS) is 23.0. The number of aliphatic imine (C=N–C) groups is 1. The van der Waals surface area contributed by atoms with Gasteiger partial charge in [-0.3, -0.25) is 24.8 Å². The summed E-state index contributed by atoms with van der Waals surface area (Å²) >= 11 is 0. The zero-order valence-corrected chi connectivity index (χ0v) is 21.5. The summed E-state index contributed by atoms with van der Waals surface area (Å²) in [7, 11) is 0. The smallest absolute Gasteiger partial charge is 0.409 e. The summed E-state index contributed by atoms with van der Waals surface area (Å²) in [6.45, 7) is 5.23. The zero-order chi connectivity index (χ0) is 25.9. The molecule has 194 valence electrons. The molecule has 2 aromatic rings. The molecule has 8 nitrogen and oxygen atoms in total. The van der Waals surface area contributed by atoms with E-state index in [1.54, 1.807) is 0 Å². The molecule has 2 aromatic carbocycles. The summed E-state index contributed by atoms with van der Waals surface area (Å²) < 4.78 is 5.35. The van der Waals surface area contributed by atoms with E-state index in [1.807, 2.05) is 67.3 Å². The van der Waals surface area contributed by atoms with Gasteiger partial charge >= 0.3 is 6.09 Å². The molecule has 1 aliphatic carbocycles. The van der Waals surface area contributed by atoms with Gasteiger partial charge in [0.15, 0.2) is 0 Å². The van der Waals surface area contributed by atoms with E-state index >= 15 is 0 Å². The molecule has 3 amide bonds. The first-order valence-electron chi connectivity index (χ1n) is 13.1. The molecule has 0 spiro atoms. The molecular formula is C29H34N4O4. The number of benzodiazepines with no additional fused rings is 1. The lowest BCUT2D eigenvalue weighted by Crippen LogP contribution is -2.51. The first-order chi connectivity index (χ1) is 17.9. The lowest BCUT2D eigenvalue weighted by atomic mass is 9.84. The third-order valence-electron chi connectivity index (χ3n) is 7.76. The van der Waals surface area contributed by atoms with Gasteiger partial charge < -0.3 is 9.64 Å². The van der Waals surface area contributed by atoms with Crippen LogP contribution in [0, 0.1) is 18.8 Å². The molecule has 0 radical (unpaired) electrons. The van der Waals surface area contributed by atoms with Crippen LogP contribution in [0.4, 0.5) is 10.5 Å². The number of nitrogens with one attached hydrogen (secondary N) is 1. The Bertz CT molecular complexity index is 1190. The van der Waals surface area contributed by atoms with Gasteiger partial charge in [0.1, 0.15) is 13.2 Å². The Morgan fingerprint density at radius 2 is 1.65 bits per heavy atom. The van der Waals surface area contributed by atoms with Crippen molar-refractivity contribution in [3.05, 3.63) is 65.2 Å². The number of ether oxygens (including phenoxy) is 1. The van der Waals surface area contributed by atoms with Gasteiger partial charge in [-0.2, -0.15) is 0 Å². The van der Waals surface area contributed by atoms with Crippen LogP contribution in [0.5, 0.6) is 0 Å². The second kappa shape index (κ2) is 10.7. The van der Waals surface area contributed by atoms with Crippen molar-refractivity contribution >= 4 is 29.3 Å². The van der Waals surface area contributed by atoms with Gasteiger partial charge in [-0.1, -0.05) is 48.5 Å². The average molecular weight is 503 g/mol. The fourth-order valence-electron chi connectivity index (χ4n) is 5.75. The summed E-state index contributed by atoms with van der Waals surface area (Å²) in [5, 5.41) is 2.62. The number of benzene rings is 2. The van der Waals surface area contributed by atoms with E-state index in [-0.39, 0.29) is 19.1 Å². The topological polar surface area (TPSA) is 91.3 Å². The van der Waals surface area contributed by atoms with Crippen LogP contribution >= 0.6 is 0 Å². The Balaban J connectivity index is 1.36. The highest BCUT2D eigenvalue weighted by Crippen LogP contribution is 2.34. The van der Waals surface area contributed by atoms with Gasteiger partial charge in [-0.25, -0.2) is 4.79 Å². The van der Waals surface area contributed by atoms with Gasteiger partial charge in [0.25, 0.3) is 5.91 Å². The van der Waals surface area contributed by atoms with Crippen molar-refractivity contribution in [1.29, 1.82) is 0 Å². The number of carbonyl (C=O) groups is 3. The standard InChI is InChI=1S/C29H34N4O4/c1-19-7-6-10-24-20(2)30-27(31-29(36)37-18-23-8-4-3-5-9-23)28(35)33(26(19)24)17-25(34)32-15-21-11-12-22(16-32)14-13-21/h3-10,21-22,27H,11-18H2,1-2H3,(H,31,36). The van der Waals surface area contributed by atoms with Crippen LogP contribution in [0.25, 0.3) is 0 Å². The maximum absolute atomic E-state index is 13.8. The van der Waals surface area contributed by atoms with E-state index in [9.17, 15) is 14.4 Å². The molecule has 0 aromatic heterocycles. The SMILES string of the molecule is CC1=NC(NC(=O)OCc2ccccc2)C(=O)N(CC(=O)N2CC3CCC(CC3)C2)c2c(C)cccc21. The van der Waals surface area contributed by atoms with Crippen molar-refractivity contribution in [3.63, 3.8) is 0 Å². The predicted molar refractivity (Wildman–Crippen MR) is 141 cm³/mol. The molecule has 6 rings (SSSR count). The first kappa shape index (κ1) is 25.0. The van der Waals surface area contributed by atoms with Crippen molar-refractivity contribution in [2.24, 2.45) is 16.8 Å². The highest BCUT2D eigenvalue weighted by Gasteiger charge is 2.37. The average Bonchev–Trinajstić information content (AvgIpc) is 3.28. The highest BCUT2D eigenvalue weighted by atomic mass is 16.5. The molecule has 2 bridgehead atoms. The maximum atomic E-state index is 13.8. The van der Waals surface area contributed by atoms with Gasteiger partial charge in [0.2, 0.25) is 12.1 Å². The van der Waals surface area contributed by atoms with Gasteiger partial charge in [-0.15, -0.1) is 0 Å². The molecule has 1 N–H and O–H groups in total. The lowest BCUT2D eigenvalue weighted by Gasteiger charge is -2.30. The summed E-state index contributed by atoms with van der Waals surface area (Å²) in [4.78, 5) is 48.0. The Morgan fingerprint density at radius 1 is 0.973 bits per heavy atom. The van der Waals surface area contributed by atoms with Crippen LogP contribution in [0.15, 0.2) is 53.5 Å². The minimum atomic E-state index is -1.19. The molecule has 1 unspecified atom stereocenters. The quantitative estimate of drug-likeness (QED) is 0.668. The summed E-state index contributed by atoms with van der Waals surface area (Å²) in [5.74, 6) is 0.563.